The highest BCUT2D eigenvalue weighted by atomic mass is 31.2. The molecule has 3 N–H and O–H groups in total. The second kappa shape index (κ2) is 74.2. The van der Waals surface area contributed by atoms with Crippen LogP contribution in [0, 0.1) is 17.8 Å². The van der Waals surface area contributed by atoms with Crippen molar-refractivity contribution >= 4 is 39.5 Å². The lowest BCUT2D eigenvalue weighted by molar-refractivity contribution is -0.161. The van der Waals surface area contributed by atoms with E-state index in [0.29, 0.717) is 25.7 Å². The van der Waals surface area contributed by atoms with Crippen LogP contribution in [0.2, 0.25) is 0 Å². The zero-order valence-corrected chi connectivity index (χ0v) is 69.6. The fraction of sp³-hybridized carbons (Fsp3) is 0.952. The molecule has 0 radical (unpaired) electrons. The molecular weight excluding hydrogens is 1340 g/mol. The van der Waals surface area contributed by atoms with Gasteiger partial charge in [0.15, 0.2) is 12.2 Å². The van der Waals surface area contributed by atoms with Crippen molar-refractivity contribution in [2.45, 2.75) is 458 Å². The third-order valence-corrected chi connectivity index (χ3v) is 22.3. The Morgan fingerprint density at radius 1 is 0.282 bits per heavy atom. The van der Waals surface area contributed by atoms with Gasteiger partial charge in [0.05, 0.1) is 26.4 Å². The van der Waals surface area contributed by atoms with E-state index in [1.54, 1.807) is 0 Å². The molecule has 0 aliphatic heterocycles. The lowest BCUT2D eigenvalue weighted by Crippen LogP contribution is -2.30. The van der Waals surface area contributed by atoms with E-state index >= 15 is 0 Å². The number of phosphoric ester groups is 2. The number of ether oxygens (including phenoxy) is 4. The van der Waals surface area contributed by atoms with Crippen LogP contribution in [0.1, 0.15) is 440 Å². The molecule has 0 bridgehead atoms. The van der Waals surface area contributed by atoms with Crippen molar-refractivity contribution in [2.75, 3.05) is 39.6 Å². The van der Waals surface area contributed by atoms with Crippen molar-refractivity contribution in [3.63, 3.8) is 0 Å². The van der Waals surface area contributed by atoms with Crippen molar-refractivity contribution in [3.05, 3.63) is 0 Å². The second-order valence-electron chi connectivity index (χ2n) is 31.2. The molecule has 0 amide bonds. The molecular formula is C84H164O17P2. The number of carbonyl (C=O) groups excluding carboxylic acids is 4. The summed E-state index contributed by atoms with van der Waals surface area (Å²) >= 11 is 0. The third-order valence-electron chi connectivity index (χ3n) is 20.4. The molecule has 0 spiro atoms. The van der Waals surface area contributed by atoms with Crippen LogP contribution < -0.4 is 0 Å². The minimum Gasteiger partial charge on any atom is -0.462 e. The molecule has 7 atom stereocenters. The number of phosphoric acid groups is 2. The summed E-state index contributed by atoms with van der Waals surface area (Å²) in [5.74, 6) is 0.243. The summed E-state index contributed by atoms with van der Waals surface area (Å²) in [5.41, 5.74) is 0. The van der Waals surface area contributed by atoms with E-state index in [0.717, 1.165) is 108 Å². The van der Waals surface area contributed by atoms with Crippen LogP contribution in [0.5, 0.6) is 0 Å². The van der Waals surface area contributed by atoms with Crippen molar-refractivity contribution < 1.29 is 80.2 Å². The van der Waals surface area contributed by atoms with Gasteiger partial charge in [-0.1, -0.05) is 389 Å². The van der Waals surface area contributed by atoms with Crippen molar-refractivity contribution in [3.8, 4) is 0 Å². The molecule has 0 heterocycles. The number of unbranched alkanes of at least 4 members (excludes halogenated alkanes) is 48. The Hall–Kier alpha value is -1.94. The highest BCUT2D eigenvalue weighted by molar-refractivity contribution is 7.47. The average Bonchev–Trinajstić information content (AvgIpc) is 1.54. The number of hydrogen-bond donors (Lipinski definition) is 3. The molecule has 4 unspecified atom stereocenters. The number of esters is 4. The first-order valence-corrected chi connectivity index (χ1v) is 46.4. The fourth-order valence-corrected chi connectivity index (χ4v) is 14.5. The van der Waals surface area contributed by atoms with E-state index in [1.807, 2.05) is 0 Å². The molecule has 0 rings (SSSR count). The summed E-state index contributed by atoms with van der Waals surface area (Å²) in [6.07, 6.45) is 63.9. The summed E-state index contributed by atoms with van der Waals surface area (Å²) < 4.78 is 68.8. The van der Waals surface area contributed by atoms with Gasteiger partial charge in [0.2, 0.25) is 0 Å². The monoisotopic (exact) mass is 1510 g/mol. The maximum Gasteiger partial charge on any atom is 0.472 e. The first kappa shape index (κ1) is 101. The van der Waals surface area contributed by atoms with E-state index in [4.69, 9.17) is 37.0 Å². The van der Waals surface area contributed by atoms with Gasteiger partial charge in [-0.05, 0) is 43.4 Å². The van der Waals surface area contributed by atoms with Gasteiger partial charge in [0, 0.05) is 25.7 Å². The Bertz CT molecular complexity index is 2000. The Kier molecular flexibility index (Phi) is 72.8. The number of rotatable bonds is 82. The molecule has 0 aromatic rings. The highest BCUT2D eigenvalue weighted by Gasteiger charge is 2.30. The molecule has 0 aliphatic carbocycles. The molecule has 19 heteroatoms. The summed E-state index contributed by atoms with van der Waals surface area (Å²) in [4.78, 5) is 73.1. The molecule has 103 heavy (non-hydrogen) atoms. The van der Waals surface area contributed by atoms with Gasteiger partial charge < -0.3 is 33.8 Å². The van der Waals surface area contributed by atoms with E-state index < -0.39 is 97.5 Å². The largest absolute Gasteiger partial charge is 0.472 e. The molecule has 0 aromatic carbocycles. The highest BCUT2D eigenvalue weighted by Crippen LogP contribution is 2.45. The molecule has 17 nitrogen and oxygen atoms in total. The maximum absolute atomic E-state index is 13.1. The molecule has 612 valence electrons. The smallest absolute Gasteiger partial charge is 0.462 e. The summed E-state index contributed by atoms with van der Waals surface area (Å²) in [5, 5.41) is 10.7. The van der Waals surface area contributed by atoms with Gasteiger partial charge in [-0.2, -0.15) is 0 Å². The van der Waals surface area contributed by atoms with Crippen molar-refractivity contribution in [2.24, 2.45) is 17.8 Å². The van der Waals surface area contributed by atoms with Crippen LogP contribution in [0.3, 0.4) is 0 Å². The standard InChI is InChI=1S/C84H164O17P2/c1-8-11-12-13-14-15-16-17-18-19-20-21-22-23-26-30-33-36-46-53-60-67-83(88)100-79(71-94-81(86)65-58-51-44-35-32-29-27-24-25-28-31-34-41-48-55-62-75(4)5)73-98-102(90,91)96-69-78(85)70-97-103(92,93)99-74-80(101-84(89)68-61-54-47-40-38-43-50-57-64-77(7)10-3)72-95-82(87)66-59-52-45-39-37-42-49-56-63-76(6)9-2/h75-80,85H,8-74H2,1-7H3,(H,90,91)(H,92,93)/t76?,77?,78-,79-,80-/m1/s1. The fourth-order valence-electron chi connectivity index (χ4n) is 13.0. The second-order valence-corrected chi connectivity index (χ2v) is 34.1. The first-order valence-electron chi connectivity index (χ1n) is 43.4. The van der Waals surface area contributed by atoms with Crippen molar-refractivity contribution in [1.29, 1.82) is 0 Å². The molecule has 0 aliphatic rings. The van der Waals surface area contributed by atoms with E-state index in [2.05, 4.69) is 48.5 Å². The SMILES string of the molecule is CCCCCCCCCCCCCCCCCCCCCCCC(=O)O[C@H](COC(=O)CCCCCCCCCCCCCCCCCC(C)C)COP(=O)(O)OC[C@@H](O)COP(=O)(O)OC[C@@H](COC(=O)CCCCCCCCCCC(C)CC)OC(=O)CCCCCCCCCCC(C)CC. The predicted octanol–water partition coefficient (Wildman–Crippen LogP) is 25.3. The lowest BCUT2D eigenvalue weighted by atomic mass is 9.99. The summed E-state index contributed by atoms with van der Waals surface area (Å²) in [7, 11) is -9.93. The van der Waals surface area contributed by atoms with Gasteiger partial charge in [0.25, 0.3) is 0 Å². The third kappa shape index (κ3) is 75.3. The number of aliphatic hydroxyl groups is 1. The van der Waals surface area contributed by atoms with Crippen LogP contribution in [0.4, 0.5) is 0 Å². The Morgan fingerprint density at radius 3 is 0.738 bits per heavy atom. The molecule has 0 saturated carbocycles. The van der Waals surface area contributed by atoms with Crippen LogP contribution >= 0.6 is 15.6 Å². The topological polar surface area (TPSA) is 237 Å². The van der Waals surface area contributed by atoms with Crippen molar-refractivity contribution in [1.82, 2.24) is 0 Å². The van der Waals surface area contributed by atoms with Gasteiger partial charge in [-0.3, -0.25) is 37.3 Å². The Morgan fingerprint density at radius 2 is 0.495 bits per heavy atom. The summed E-state index contributed by atoms with van der Waals surface area (Å²) in [6.45, 7) is 12.0. The lowest BCUT2D eigenvalue weighted by Gasteiger charge is -2.21. The van der Waals surface area contributed by atoms with Crippen LogP contribution in [0.15, 0.2) is 0 Å². The maximum atomic E-state index is 13.1. The van der Waals surface area contributed by atoms with Crippen LogP contribution in [0.25, 0.3) is 0 Å². The normalized spacial score (nSPS) is 14.4. The molecule has 0 aromatic heterocycles. The minimum absolute atomic E-state index is 0.105. The summed E-state index contributed by atoms with van der Waals surface area (Å²) in [6, 6.07) is 0. The van der Waals surface area contributed by atoms with Gasteiger partial charge in [-0.15, -0.1) is 0 Å². The number of aliphatic hydroxyl groups excluding tert-OH is 1. The molecule has 0 saturated heterocycles. The van der Waals surface area contributed by atoms with E-state index in [9.17, 15) is 43.2 Å². The zero-order valence-electron chi connectivity index (χ0n) is 67.8. The quantitative estimate of drug-likeness (QED) is 0.0222. The minimum atomic E-state index is -4.97. The predicted molar refractivity (Wildman–Crippen MR) is 423 cm³/mol. The zero-order chi connectivity index (χ0) is 75.8. The number of carbonyl (C=O) groups is 4. The van der Waals surface area contributed by atoms with E-state index in [-0.39, 0.29) is 25.7 Å². The van der Waals surface area contributed by atoms with Gasteiger partial charge in [0.1, 0.15) is 19.3 Å². The Balaban J connectivity index is 5.24. The first-order chi connectivity index (χ1) is 49.8. The van der Waals surface area contributed by atoms with Crippen LogP contribution in [-0.4, -0.2) is 96.7 Å². The molecule has 0 fully saturated rings. The van der Waals surface area contributed by atoms with E-state index in [1.165, 1.54) is 250 Å². The average molecular weight is 1510 g/mol. The van der Waals surface area contributed by atoms with Gasteiger partial charge in [-0.25, -0.2) is 9.13 Å². The Labute approximate surface area is 632 Å². The van der Waals surface area contributed by atoms with Crippen LogP contribution in [-0.2, 0) is 65.4 Å². The van der Waals surface area contributed by atoms with Gasteiger partial charge >= 0.3 is 39.5 Å². The number of hydrogen-bond acceptors (Lipinski definition) is 15.